The Balaban J connectivity index is 4.60. The number of hydrogen-bond donors (Lipinski definition) is 1. The van der Waals surface area contributed by atoms with E-state index in [1.54, 1.807) is 0 Å². The number of rotatable bonds is 37. The van der Waals surface area contributed by atoms with Crippen molar-refractivity contribution in [3.8, 4) is 0 Å². The predicted molar refractivity (Wildman–Crippen MR) is 221 cm³/mol. The summed E-state index contributed by atoms with van der Waals surface area (Å²) in [5.74, 6) is -2.09. The molecular weight excluding hydrogens is 682 g/mol. The van der Waals surface area contributed by atoms with Crippen LogP contribution in [0, 0.1) is 0 Å². The molecule has 0 radical (unpaired) electrons. The van der Waals surface area contributed by atoms with Crippen molar-refractivity contribution in [2.45, 2.75) is 161 Å². The Bertz CT molecular complexity index is 1070. The van der Waals surface area contributed by atoms with Gasteiger partial charge in [-0.1, -0.05) is 145 Å². The smallest absolute Gasteiger partial charge is 0.361 e. The van der Waals surface area contributed by atoms with E-state index in [0.717, 1.165) is 57.8 Å². The van der Waals surface area contributed by atoms with Crippen LogP contribution in [0.2, 0.25) is 0 Å². The molecule has 9 nitrogen and oxygen atoms in total. The highest BCUT2D eigenvalue weighted by molar-refractivity contribution is 5.71. The summed E-state index contributed by atoms with van der Waals surface area (Å²) in [5, 5.41) is 9.61. The SMILES string of the molecule is CC/C=C\C/C=C\C/C=C\C/C=C\C/C=C\CCCC(=O)OC(COC(=O)CCCCCCCCCCCCCC)COC(OCC[N+](C)(C)C)C(=O)O. The van der Waals surface area contributed by atoms with Crippen LogP contribution < -0.4 is 0 Å². The highest BCUT2D eigenvalue weighted by Crippen LogP contribution is 2.13. The molecule has 0 aliphatic carbocycles. The fourth-order valence-electron chi connectivity index (χ4n) is 5.28. The summed E-state index contributed by atoms with van der Waals surface area (Å²) < 4.78 is 22.6. The molecule has 0 aliphatic heterocycles. The number of carboxylic acids is 1. The van der Waals surface area contributed by atoms with Crippen LogP contribution in [0.1, 0.15) is 149 Å². The van der Waals surface area contributed by atoms with Gasteiger partial charge in [0, 0.05) is 12.8 Å². The van der Waals surface area contributed by atoms with Gasteiger partial charge >= 0.3 is 17.9 Å². The van der Waals surface area contributed by atoms with Gasteiger partial charge < -0.3 is 28.5 Å². The number of allylic oxidation sites excluding steroid dienone is 10. The Hall–Kier alpha value is -3.01. The second kappa shape index (κ2) is 36.9. The Morgan fingerprint density at radius 3 is 1.56 bits per heavy atom. The van der Waals surface area contributed by atoms with Gasteiger partial charge in [0.25, 0.3) is 6.29 Å². The van der Waals surface area contributed by atoms with Crippen molar-refractivity contribution in [3.05, 3.63) is 60.8 Å². The average Bonchev–Trinajstić information content (AvgIpc) is 3.12. The molecule has 2 atom stereocenters. The number of quaternary nitrogens is 1. The largest absolute Gasteiger partial charge is 0.477 e. The monoisotopic (exact) mass is 761 g/mol. The van der Waals surface area contributed by atoms with E-state index < -0.39 is 24.3 Å². The minimum atomic E-state index is -1.52. The van der Waals surface area contributed by atoms with Crippen molar-refractivity contribution >= 4 is 17.9 Å². The number of carbonyl (C=O) groups excluding carboxylic acids is 2. The first-order valence-corrected chi connectivity index (χ1v) is 21.0. The molecule has 0 aromatic heterocycles. The lowest BCUT2D eigenvalue weighted by atomic mass is 10.0. The first kappa shape index (κ1) is 51.0. The topological polar surface area (TPSA) is 108 Å². The number of carboxylic acid groups (broad SMARTS) is 1. The number of unbranched alkanes of at least 4 members (excludes halogenated alkanes) is 12. The van der Waals surface area contributed by atoms with Crippen LogP contribution in [-0.4, -0.2) is 87.4 Å². The van der Waals surface area contributed by atoms with Crippen molar-refractivity contribution in [2.24, 2.45) is 0 Å². The molecule has 0 saturated carbocycles. The van der Waals surface area contributed by atoms with E-state index in [9.17, 15) is 19.5 Å². The number of aliphatic carboxylic acids is 1. The van der Waals surface area contributed by atoms with E-state index >= 15 is 0 Å². The van der Waals surface area contributed by atoms with E-state index in [4.69, 9.17) is 18.9 Å². The molecule has 0 aromatic rings. The molecule has 0 fully saturated rings. The molecule has 0 spiro atoms. The number of hydrogen-bond acceptors (Lipinski definition) is 7. The molecule has 310 valence electrons. The zero-order chi connectivity index (χ0) is 40.0. The van der Waals surface area contributed by atoms with Gasteiger partial charge in [-0.15, -0.1) is 0 Å². The second-order valence-corrected chi connectivity index (χ2v) is 14.9. The number of nitrogens with zero attached hydrogens (tertiary/aromatic N) is 1. The first-order valence-electron chi connectivity index (χ1n) is 21.0. The molecule has 0 heterocycles. The molecule has 0 saturated heterocycles. The lowest BCUT2D eigenvalue weighted by molar-refractivity contribution is -0.870. The summed E-state index contributed by atoms with van der Waals surface area (Å²) in [7, 11) is 5.92. The number of esters is 2. The maximum absolute atomic E-state index is 12.7. The third kappa shape index (κ3) is 37.3. The molecule has 0 aromatic carbocycles. The van der Waals surface area contributed by atoms with Gasteiger partial charge in [-0.3, -0.25) is 9.59 Å². The highest BCUT2D eigenvalue weighted by atomic mass is 16.7. The Kier molecular flexibility index (Phi) is 34.9. The van der Waals surface area contributed by atoms with Crippen molar-refractivity contribution in [3.63, 3.8) is 0 Å². The Morgan fingerprint density at radius 2 is 1.06 bits per heavy atom. The van der Waals surface area contributed by atoms with E-state index in [1.807, 2.05) is 27.2 Å². The third-order valence-electron chi connectivity index (χ3n) is 8.54. The molecule has 54 heavy (non-hydrogen) atoms. The number of ether oxygens (including phenoxy) is 4. The van der Waals surface area contributed by atoms with Crippen LogP contribution in [0.25, 0.3) is 0 Å². The zero-order valence-electron chi connectivity index (χ0n) is 34.9. The predicted octanol–water partition coefficient (Wildman–Crippen LogP) is 10.6. The van der Waals surface area contributed by atoms with Crippen LogP contribution in [-0.2, 0) is 33.3 Å². The maximum Gasteiger partial charge on any atom is 0.361 e. The average molecular weight is 761 g/mol. The van der Waals surface area contributed by atoms with E-state index in [2.05, 4.69) is 68.5 Å². The maximum atomic E-state index is 12.7. The van der Waals surface area contributed by atoms with Gasteiger partial charge in [0.2, 0.25) is 0 Å². The molecular formula is C45H78NO8+. The summed E-state index contributed by atoms with van der Waals surface area (Å²) in [6, 6.07) is 0. The molecule has 0 bridgehead atoms. The van der Waals surface area contributed by atoms with Gasteiger partial charge in [0.1, 0.15) is 13.2 Å². The van der Waals surface area contributed by atoms with Gasteiger partial charge in [-0.25, -0.2) is 4.79 Å². The summed E-state index contributed by atoms with van der Waals surface area (Å²) in [6.07, 6.45) is 40.0. The standard InChI is InChI=1S/C45H77NO8/c1-6-8-10-12-14-16-18-20-21-22-23-24-26-28-30-32-34-36-43(48)54-41(40-53-45(44(49)50)51-38-37-46(3,4)5)39-52-42(47)35-33-31-29-27-25-19-17-15-13-11-9-7-2/h8,10,14,16,20-21,23-24,28,30,41,45H,6-7,9,11-13,15,17-19,22,25-27,29,31-40H2,1-5H3/p+1/b10-8-,16-14-,21-20-,24-23-,30-28-. The normalized spacial score (nSPS) is 13.6. The van der Waals surface area contributed by atoms with E-state index in [-0.39, 0.29) is 38.6 Å². The van der Waals surface area contributed by atoms with Crippen LogP contribution in [0.5, 0.6) is 0 Å². The molecule has 1 N–H and O–H groups in total. The molecule has 0 aliphatic rings. The lowest BCUT2D eigenvalue weighted by Gasteiger charge is -2.25. The number of likely N-dealkylation sites (N-methyl/N-ethyl adjacent to an activating group) is 1. The van der Waals surface area contributed by atoms with Gasteiger partial charge in [0.15, 0.2) is 6.10 Å². The van der Waals surface area contributed by atoms with Gasteiger partial charge in [-0.2, -0.15) is 0 Å². The summed E-state index contributed by atoms with van der Waals surface area (Å²) >= 11 is 0. The quantitative estimate of drug-likeness (QED) is 0.0219. The Labute approximate surface area is 329 Å². The lowest BCUT2D eigenvalue weighted by Crippen LogP contribution is -2.40. The Morgan fingerprint density at radius 1 is 0.574 bits per heavy atom. The fraction of sp³-hybridized carbons (Fsp3) is 0.711. The van der Waals surface area contributed by atoms with Crippen LogP contribution in [0.4, 0.5) is 0 Å². The van der Waals surface area contributed by atoms with E-state index in [1.165, 1.54) is 57.8 Å². The van der Waals surface area contributed by atoms with Crippen LogP contribution >= 0.6 is 0 Å². The molecule has 0 amide bonds. The minimum Gasteiger partial charge on any atom is -0.477 e. The highest BCUT2D eigenvalue weighted by Gasteiger charge is 2.25. The first-order chi connectivity index (χ1) is 26.1. The van der Waals surface area contributed by atoms with Crippen molar-refractivity contribution in [1.29, 1.82) is 0 Å². The molecule has 0 rings (SSSR count). The van der Waals surface area contributed by atoms with Crippen LogP contribution in [0.3, 0.4) is 0 Å². The van der Waals surface area contributed by atoms with Gasteiger partial charge in [0.05, 0.1) is 34.4 Å². The van der Waals surface area contributed by atoms with Crippen molar-refractivity contribution < 1.29 is 42.9 Å². The van der Waals surface area contributed by atoms with Crippen molar-refractivity contribution in [2.75, 3.05) is 47.5 Å². The minimum absolute atomic E-state index is 0.175. The van der Waals surface area contributed by atoms with Crippen LogP contribution in [0.15, 0.2) is 60.8 Å². The van der Waals surface area contributed by atoms with E-state index in [0.29, 0.717) is 17.4 Å². The zero-order valence-corrected chi connectivity index (χ0v) is 34.9. The summed E-state index contributed by atoms with van der Waals surface area (Å²) in [4.78, 5) is 37.0. The van der Waals surface area contributed by atoms with Gasteiger partial charge in [-0.05, 0) is 51.4 Å². The fourth-order valence-corrected chi connectivity index (χ4v) is 5.28. The summed E-state index contributed by atoms with van der Waals surface area (Å²) in [5.41, 5.74) is 0. The third-order valence-corrected chi connectivity index (χ3v) is 8.54. The van der Waals surface area contributed by atoms with Crippen molar-refractivity contribution in [1.82, 2.24) is 0 Å². The summed E-state index contributed by atoms with van der Waals surface area (Å²) in [6.45, 7) is 4.66. The second-order valence-electron chi connectivity index (χ2n) is 14.9. The molecule has 9 heteroatoms. The molecule has 2 unspecified atom stereocenters. The number of carbonyl (C=O) groups is 3.